The minimum absolute atomic E-state index is 0.102. The average Bonchev–Trinajstić information content (AvgIpc) is 2.54. The molecule has 1 amide bonds. The van der Waals surface area contributed by atoms with E-state index in [0.717, 1.165) is 0 Å². The van der Waals surface area contributed by atoms with Crippen LogP contribution >= 0.6 is 0 Å². The smallest absolute Gasteiger partial charge is 0.337 e. The fourth-order valence-corrected chi connectivity index (χ4v) is 1.98. The van der Waals surface area contributed by atoms with Crippen LogP contribution in [0.3, 0.4) is 0 Å². The third-order valence-electron chi connectivity index (χ3n) is 3.22. The van der Waals surface area contributed by atoms with Crippen LogP contribution in [-0.4, -0.2) is 19.0 Å². The van der Waals surface area contributed by atoms with Crippen LogP contribution in [0.1, 0.15) is 22.3 Å². The molecule has 1 aromatic carbocycles. The number of rotatable bonds is 5. The lowest BCUT2D eigenvalue weighted by Crippen LogP contribution is -2.34. The summed E-state index contributed by atoms with van der Waals surface area (Å²) < 4.78 is 6.61. The number of pyridine rings is 1. The summed E-state index contributed by atoms with van der Waals surface area (Å²) in [6.07, 6.45) is 4.25. The fraction of sp³-hybridized carbons (Fsp3) is 0.235. The van der Waals surface area contributed by atoms with Crippen LogP contribution in [0.2, 0.25) is 0 Å². The zero-order valence-electron chi connectivity index (χ0n) is 12.7. The molecule has 1 N–H and O–H groups in total. The zero-order valence-corrected chi connectivity index (χ0v) is 12.7. The summed E-state index contributed by atoms with van der Waals surface area (Å²) in [5.41, 5.74) is 2.18. The zero-order chi connectivity index (χ0) is 15.9. The van der Waals surface area contributed by atoms with Gasteiger partial charge in [-0.05, 0) is 30.7 Å². The molecule has 0 saturated heterocycles. The first-order chi connectivity index (χ1) is 10.6. The molecular weight excluding hydrogens is 280 g/mol. The molecule has 0 saturated carbocycles. The Kier molecular flexibility index (Phi) is 5.25. The van der Waals surface area contributed by atoms with Crippen molar-refractivity contribution in [2.75, 3.05) is 12.4 Å². The molecule has 114 valence electrons. The number of methoxy groups -OCH3 is 1. The van der Waals surface area contributed by atoms with Gasteiger partial charge in [-0.15, -0.1) is 0 Å². The summed E-state index contributed by atoms with van der Waals surface area (Å²) >= 11 is 0. The molecule has 0 atom stereocenters. The Morgan fingerprint density at radius 2 is 1.91 bits per heavy atom. The van der Waals surface area contributed by atoms with Gasteiger partial charge in [-0.1, -0.05) is 6.07 Å². The summed E-state index contributed by atoms with van der Waals surface area (Å²) in [7, 11) is 1.33. The number of esters is 1. The van der Waals surface area contributed by atoms with Crippen LogP contribution in [0.4, 0.5) is 5.69 Å². The first-order valence-corrected chi connectivity index (χ1v) is 7.02. The third-order valence-corrected chi connectivity index (χ3v) is 3.22. The highest BCUT2D eigenvalue weighted by atomic mass is 16.5. The topological polar surface area (TPSA) is 59.3 Å². The van der Waals surface area contributed by atoms with Gasteiger partial charge in [0.2, 0.25) is 5.91 Å². The van der Waals surface area contributed by atoms with Crippen molar-refractivity contribution in [3.05, 3.63) is 59.9 Å². The molecule has 0 aliphatic heterocycles. The number of anilines is 1. The highest BCUT2D eigenvalue weighted by molar-refractivity contribution is 5.94. The van der Waals surface area contributed by atoms with E-state index in [0.29, 0.717) is 24.2 Å². The quantitative estimate of drug-likeness (QED) is 0.679. The van der Waals surface area contributed by atoms with Gasteiger partial charge in [0.1, 0.15) is 0 Å². The molecular formula is C17H19N2O3+. The van der Waals surface area contributed by atoms with Crippen molar-refractivity contribution in [1.29, 1.82) is 0 Å². The normalized spacial score (nSPS) is 10.1. The Morgan fingerprint density at radius 1 is 1.18 bits per heavy atom. The number of amides is 1. The summed E-state index contributed by atoms with van der Waals surface area (Å²) in [5.74, 6) is -0.526. The summed E-state index contributed by atoms with van der Waals surface area (Å²) in [6.45, 7) is 2.62. The SMILES string of the molecule is COC(=O)c1cccc(NC(=O)CC[n+]2ccc(C)cc2)c1. The first kappa shape index (κ1) is 15.7. The number of benzene rings is 1. The lowest BCUT2D eigenvalue weighted by molar-refractivity contribution is -0.695. The highest BCUT2D eigenvalue weighted by Gasteiger charge is 2.09. The van der Waals surface area contributed by atoms with Crippen LogP contribution in [0.25, 0.3) is 0 Å². The molecule has 1 heterocycles. The number of nitrogens with one attached hydrogen (secondary N) is 1. The van der Waals surface area contributed by atoms with E-state index in [9.17, 15) is 9.59 Å². The number of ether oxygens (including phenoxy) is 1. The van der Waals surface area contributed by atoms with E-state index in [1.807, 2.05) is 36.0 Å². The van der Waals surface area contributed by atoms with Gasteiger partial charge in [0, 0.05) is 17.8 Å². The van der Waals surface area contributed by atoms with Gasteiger partial charge in [-0.3, -0.25) is 4.79 Å². The summed E-state index contributed by atoms with van der Waals surface area (Å²) in [6, 6.07) is 10.7. The lowest BCUT2D eigenvalue weighted by Gasteiger charge is -2.06. The molecule has 2 aromatic rings. The molecule has 5 heteroatoms. The van der Waals surface area contributed by atoms with Crippen molar-refractivity contribution < 1.29 is 18.9 Å². The Morgan fingerprint density at radius 3 is 2.59 bits per heavy atom. The number of carbonyl (C=O) groups is 2. The predicted octanol–water partition coefficient (Wildman–Crippen LogP) is 2.10. The van der Waals surface area contributed by atoms with Crippen molar-refractivity contribution >= 4 is 17.6 Å². The molecule has 0 spiro atoms. The largest absolute Gasteiger partial charge is 0.465 e. The van der Waals surface area contributed by atoms with Gasteiger partial charge in [0.05, 0.1) is 19.1 Å². The van der Waals surface area contributed by atoms with E-state index in [2.05, 4.69) is 10.1 Å². The number of nitrogens with zero attached hydrogens (tertiary/aromatic N) is 1. The standard InChI is InChI=1S/C17H18N2O3/c1-13-6-9-19(10-7-13)11-8-16(20)18-15-5-3-4-14(12-15)17(21)22-2/h3-7,9-10,12H,8,11H2,1-2H3/p+1. The number of aryl methyl sites for hydroxylation is 2. The third kappa shape index (κ3) is 4.41. The van der Waals surface area contributed by atoms with Crippen LogP contribution in [0.5, 0.6) is 0 Å². The second-order valence-corrected chi connectivity index (χ2v) is 4.98. The fourth-order valence-electron chi connectivity index (χ4n) is 1.98. The van der Waals surface area contributed by atoms with E-state index in [1.54, 1.807) is 24.3 Å². The van der Waals surface area contributed by atoms with Gasteiger partial charge in [0.25, 0.3) is 0 Å². The number of carbonyl (C=O) groups excluding carboxylic acids is 2. The Balaban J connectivity index is 1.91. The first-order valence-electron chi connectivity index (χ1n) is 7.02. The molecule has 0 bridgehead atoms. The van der Waals surface area contributed by atoms with Crippen LogP contribution in [0, 0.1) is 6.92 Å². The summed E-state index contributed by atoms with van der Waals surface area (Å²) in [5, 5.41) is 2.78. The number of aromatic nitrogens is 1. The molecule has 2 rings (SSSR count). The van der Waals surface area contributed by atoms with E-state index >= 15 is 0 Å². The van der Waals surface area contributed by atoms with Crippen molar-refractivity contribution in [2.24, 2.45) is 0 Å². The maximum absolute atomic E-state index is 12.0. The van der Waals surface area contributed by atoms with E-state index < -0.39 is 5.97 Å². The average molecular weight is 299 g/mol. The molecule has 5 nitrogen and oxygen atoms in total. The van der Waals surface area contributed by atoms with E-state index in [1.165, 1.54) is 12.7 Å². The van der Waals surface area contributed by atoms with Crippen molar-refractivity contribution in [2.45, 2.75) is 19.9 Å². The second kappa shape index (κ2) is 7.36. The van der Waals surface area contributed by atoms with Gasteiger partial charge in [0.15, 0.2) is 18.9 Å². The molecule has 0 aliphatic carbocycles. The maximum Gasteiger partial charge on any atom is 0.337 e. The van der Waals surface area contributed by atoms with Gasteiger partial charge in [-0.25, -0.2) is 9.36 Å². The van der Waals surface area contributed by atoms with Gasteiger partial charge >= 0.3 is 5.97 Å². The Hall–Kier alpha value is -2.69. The molecule has 22 heavy (non-hydrogen) atoms. The van der Waals surface area contributed by atoms with Crippen LogP contribution in [-0.2, 0) is 16.1 Å². The molecule has 0 fully saturated rings. The molecule has 0 radical (unpaired) electrons. The minimum Gasteiger partial charge on any atom is -0.465 e. The van der Waals surface area contributed by atoms with Crippen molar-refractivity contribution in [1.82, 2.24) is 0 Å². The van der Waals surface area contributed by atoms with Gasteiger partial charge < -0.3 is 10.1 Å². The Bertz CT molecular complexity index is 666. The second-order valence-electron chi connectivity index (χ2n) is 4.98. The lowest BCUT2D eigenvalue weighted by atomic mass is 10.2. The molecule has 0 unspecified atom stereocenters. The van der Waals surface area contributed by atoms with E-state index in [-0.39, 0.29) is 5.91 Å². The van der Waals surface area contributed by atoms with E-state index in [4.69, 9.17) is 0 Å². The van der Waals surface area contributed by atoms with Crippen LogP contribution < -0.4 is 9.88 Å². The minimum atomic E-state index is -0.425. The van der Waals surface area contributed by atoms with Crippen molar-refractivity contribution in [3.63, 3.8) is 0 Å². The molecule has 0 aliphatic rings. The van der Waals surface area contributed by atoms with Crippen molar-refractivity contribution in [3.8, 4) is 0 Å². The highest BCUT2D eigenvalue weighted by Crippen LogP contribution is 2.11. The van der Waals surface area contributed by atoms with Gasteiger partial charge in [-0.2, -0.15) is 0 Å². The monoisotopic (exact) mass is 299 g/mol. The van der Waals surface area contributed by atoms with Crippen LogP contribution in [0.15, 0.2) is 48.8 Å². The molecule has 1 aromatic heterocycles. The summed E-state index contributed by atoms with van der Waals surface area (Å²) in [4.78, 5) is 23.4. The Labute approximate surface area is 129 Å². The number of hydrogen-bond acceptors (Lipinski definition) is 3. The maximum atomic E-state index is 12.0. The predicted molar refractivity (Wildman–Crippen MR) is 82.4 cm³/mol. The number of hydrogen-bond donors (Lipinski definition) is 1.